The van der Waals surface area contributed by atoms with E-state index >= 15 is 0 Å². The van der Waals surface area contributed by atoms with Gasteiger partial charge in [0.05, 0.1) is 17.3 Å². The van der Waals surface area contributed by atoms with Gasteiger partial charge in [-0.25, -0.2) is 4.90 Å². The van der Waals surface area contributed by atoms with E-state index in [1.54, 1.807) is 82.8 Å². The van der Waals surface area contributed by atoms with Crippen molar-refractivity contribution in [1.82, 2.24) is 0 Å². The molecule has 4 aromatic rings. The van der Waals surface area contributed by atoms with Crippen molar-refractivity contribution in [3.63, 3.8) is 0 Å². The molecule has 4 aliphatic rings. The summed E-state index contributed by atoms with van der Waals surface area (Å²) >= 11 is 1.67. The summed E-state index contributed by atoms with van der Waals surface area (Å²) in [6.07, 6.45) is 21.4. The van der Waals surface area contributed by atoms with E-state index in [9.17, 15) is 38.4 Å². The Balaban J connectivity index is -0.000000591. The second kappa shape index (κ2) is 43.3. The number of esters is 4. The number of amides is 4. The molecule has 4 radical (unpaired) electrons. The number of nitrogens with zero attached hydrogens (tertiary/aromatic N) is 2. The number of carbonyl (C=O) groups excluding carboxylic acids is 8. The van der Waals surface area contributed by atoms with Gasteiger partial charge >= 0.3 is 44.3 Å². The maximum absolute atomic E-state index is 14.0. The molecule has 8 rings (SSSR count). The molecule has 4 atom stereocenters. The average molecular weight is 1190 g/mol. The molecule has 15 nitrogen and oxygen atoms in total. The molecule has 3 fully saturated rings. The van der Waals surface area contributed by atoms with E-state index in [-0.39, 0.29) is 94.5 Å². The van der Waals surface area contributed by atoms with E-state index in [1.807, 2.05) is 31.2 Å². The summed E-state index contributed by atoms with van der Waals surface area (Å²) in [5.41, 5.74) is 2.90. The molecule has 4 unspecified atom stereocenters. The van der Waals surface area contributed by atoms with E-state index in [0.717, 1.165) is 34.8 Å². The predicted octanol–water partition coefficient (Wildman–Crippen LogP) is 15.8. The number of nitrogens with one attached hydrogen (secondary N) is 1. The molecule has 462 valence electrons. The molecule has 4 aromatic carbocycles. The number of imide groups is 2. The quantitative estimate of drug-likeness (QED) is 0.0412. The van der Waals surface area contributed by atoms with Crippen LogP contribution in [0.5, 0.6) is 23.0 Å². The van der Waals surface area contributed by atoms with Crippen molar-refractivity contribution >= 4 is 89.5 Å². The Morgan fingerprint density at radius 2 is 0.906 bits per heavy atom. The summed E-state index contributed by atoms with van der Waals surface area (Å²) in [5, 5.41) is 0. The summed E-state index contributed by atoms with van der Waals surface area (Å²) in [5.74, 6) is -0.216. The Hall–Kier alpha value is -7.34. The number of hydrogen-bond acceptors (Lipinski definition) is 13. The molecule has 0 bridgehead atoms. The van der Waals surface area contributed by atoms with Gasteiger partial charge in [0.25, 0.3) is 11.8 Å². The number of hydrogen-bond donors (Lipinski definition) is 1. The van der Waals surface area contributed by atoms with Gasteiger partial charge in [0.1, 0.15) is 23.0 Å². The number of anilines is 2. The van der Waals surface area contributed by atoms with Crippen LogP contribution in [0, 0.1) is 33.9 Å². The third kappa shape index (κ3) is 26.2. The summed E-state index contributed by atoms with van der Waals surface area (Å²) < 4.78 is 25.7. The molecule has 0 spiro atoms. The Morgan fingerprint density at radius 3 is 1.25 bits per heavy atom. The van der Waals surface area contributed by atoms with Crippen LogP contribution in [-0.2, 0) is 38.4 Å². The van der Waals surface area contributed by atoms with Crippen LogP contribution in [0.1, 0.15) is 180 Å². The van der Waals surface area contributed by atoms with Crippen LogP contribution in [0.2, 0.25) is 0 Å². The molecule has 85 heavy (non-hydrogen) atoms. The van der Waals surface area contributed by atoms with Crippen LogP contribution in [0.3, 0.4) is 0 Å². The Labute approximate surface area is 519 Å². The van der Waals surface area contributed by atoms with Crippen LogP contribution in [-0.4, -0.2) is 72.0 Å². The van der Waals surface area contributed by atoms with Gasteiger partial charge in [0, 0.05) is 54.2 Å². The van der Waals surface area contributed by atoms with Crippen LogP contribution in [0.4, 0.5) is 11.4 Å². The van der Waals surface area contributed by atoms with Crippen molar-refractivity contribution in [2.75, 3.05) is 9.80 Å². The van der Waals surface area contributed by atoms with E-state index in [2.05, 4.69) is 26.2 Å². The molecule has 4 amide bonds. The van der Waals surface area contributed by atoms with Crippen molar-refractivity contribution in [2.24, 2.45) is 29.6 Å². The van der Waals surface area contributed by atoms with Crippen molar-refractivity contribution in [1.29, 1.82) is 4.35 Å². The number of allylic oxidation sites excluding steroid dienone is 1. The molecule has 0 aromatic heterocycles. The van der Waals surface area contributed by atoms with Gasteiger partial charge in [-0.15, -0.1) is 6.58 Å². The van der Waals surface area contributed by atoms with Gasteiger partial charge < -0.3 is 18.9 Å². The summed E-state index contributed by atoms with van der Waals surface area (Å²) in [7, 11) is 0. The van der Waals surface area contributed by atoms with E-state index in [0.29, 0.717) is 46.2 Å². The van der Waals surface area contributed by atoms with Crippen LogP contribution in [0.15, 0.2) is 128 Å². The van der Waals surface area contributed by atoms with Crippen molar-refractivity contribution in [3.8, 4) is 23.0 Å². The number of rotatable bonds is 14. The van der Waals surface area contributed by atoms with Crippen molar-refractivity contribution in [2.45, 2.75) is 169 Å². The summed E-state index contributed by atoms with van der Waals surface area (Å²) in [6.45, 7) is 16.8. The first-order valence-corrected chi connectivity index (χ1v) is 27.1. The van der Waals surface area contributed by atoms with Gasteiger partial charge in [-0.3, -0.25) is 43.3 Å². The number of ether oxygens (including phenoxy) is 4. The van der Waals surface area contributed by atoms with Crippen LogP contribution >= 0.6 is 0 Å². The fourth-order valence-electron chi connectivity index (χ4n) is 10.2. The first-order chi connectivity index (χ1) is 37.4. The molecule has 1 N–H and O–H groups in total. The average Bonchev–Trinajstić information content (AvgIpc) is 2.57. The van der Waals surface area contributed by atoms with Crippen LogP contribution in [0.25, 0.3) is 6.08 Å². The molecule has 2 saturated carbocycles. The van der Waals surface area contributed by atoms with Crippen molar-refractivity contribution in [3.05, 3.63) is 140 Å². The molecule has 17 heteroatoms. The van der Waals surface area contributed by atoms with Gasteiger partial charge in [0.2, 0.25) is 11.8 Å². The molecular formula is C68H97AlBN3O12. The van der Waals surface area contributed by atoms with E-state index < -0.39 is 23.8 Å². The van der Waals surface area contributed by atoms with Gasteiger partial charge in [-0.05, 0) is 127 Å². The van der Waals surface area contributed by atoms with Gasteiger partial charge in [0.15, 0.2) is 0 Å². The summed E-state index contributed by atoms with van der Waals surface area (Å²) in [6, 6.07) is 27.1. The molecule has 1 saturated heterocycles. The minimum atomic E-state index is -0.511. The first kappa shape index (κ1) is 84.1. The second-order valence-corrected chi connectivity index (χ2v) is 19.4. The van der Waals surface area contributed by atoms with Gasteiger partial charge in [-0.2, -0.15) is 0 Å². The topological polar surface area (TPSA) is 204 Å². The SMILES string of the molecule is C.C.C.C.C.C.C=CC1CCCCC1.C=Cc1ccc(OC(C)=O)cc1.CC(=O)Oc1ccc(N2C(=O)C=CC2=O)cc1.CCC(CC(c1ccc(OC(C)=O)cc1)C1C(=O)N(c2ccc(OC(C)=O)cc2)C(=O)C1C)C1CCCCC1.[B].[NH]=[Al]. The fourth-order valence-corrected chi connectivity index (χ4v) is 10.2. The third-order valence-corrected chi connectivity index (χ3v) is 13.9. The standard InChI is InChI=1S/C32H39NO6.C12H9NO4.C10H10O2.C8H14.6CH4.Al.B.HN/c1-5-23(24-9-7-6-8-10-24)19-29(25-11-15-27(16-12-25)38-21(3)34)30-20(2)31(36)33(32(30)37)26-13-17-28(18-14-26)39-22(4)35;1-8(14)17-10-4-2-9(3-5-10)13-11(15)6-7-12(13)16;1-3-9-4-6-10(7-5-9)12-8(2)11;1-2-8-6-4-3-5-7-8;;;;;;;;;/h11-18,20,23-24,29-30H,5-10,19H2,1-4H3;2-7H,1H3;3-7H,1H2,2H3;2,8H,1,3-7H2;6*1H4;;;1H. The molecule has 2 heterocycles. The molecule has 2 aliphatic heterocycles. The zero-order valence-electron chi connectivity index (χ0n) is 46.4. The minimum absolute atomic E-state index is 0. The Kier molecular flexibility index (Phi) is 42.9. The van der Waals surface area contributed by atoms with Crippen molar-refractivity contribution < 1.29 is 57.3 Å². The summed E-state index contributed by atoms with van der Waals surface area (Å²) in [4.78, 5) is 96.6. The fraction of sp³-hybridized carbons (Fsp3) is 0.441. The molecule has 2 aliphatic carbocycles. The third-order valence-electron chi connectivity index (χ3n) is 13.9. The zero-order chi connectivity index (χ0) is 57.3. The number of carbonyl (C=O) groups is 8. The maximum atomic E-state index is 14.0. The number of benzene rings is 4. The Bertz CT molecular complexity index is 2700. The van der Waals surface area contributed by atoms with Crippen LogP contribution < -0.4 is 28.7 Å². The monoisotopic (exact) mass is 1190 g/mol. The van der Waals surface area contributed by atoms with Gasteiger partial charge in [-0.1, -0.05) is 159 Å². The van der Waals surface area contributed by atoms with E-state index in [1.165, 1.54) is 121 Å². The van der Waals surface area contributed by atoms with E-state index in [4.69, 9.17) is 23.3 Å². The predicted molar refractivity (Wildman–Crippen MR) is 347 cm³/mol. The second-order valence-electron chi connectivity index (χ2n) is 19.4. The Morgan fingerprint density at radius 1 is 0.553 bits per heavy atom. The molecular weight excluding hydrogens is 1090 g/mol. The first-order valence-electron chi connectivity index (χ1n) is 26.5. The normalized spacial score (nSPS) is 16.2. The zero-order valence-corrected chi connectivity index (χ0v) is 47.5.